The molecule has 5 heteroatoms. The second kappa shape index (κ2) is 5.18. The van der Waals surface area contributed by atoms with Crippen LogP contribution in [0, 0.1) is 6.92 Å². The summed E-state index contributed by atoms with van der Waals surface area (Å²) >= 11 is 3.31. The molecule has 0 aliphatic carbocycles. The van der Waals surface area contributed by atoms with Crippen LogP contribution in [0.25, 0.3) is 0 Å². The fourth-order valence-corrected chi connectivity index (χ4v) is 1.75. The Morgan fingerprint density at radius 2 is 1.94 bits per heavy atom. The summed E-state index contributed by atoms with van der Waals surface area (Å²) in [6.45, 7) is 1.76. The van der Waals surface area contributed by atoms with Crippen LogP contribution in [-0.4, -0.2) is 10.9 Å². The minimum atomic E-state index is -0.418. The number of hydrogen-bond acceptors (Lipinski definition) is 2. The average molecular weight is 307 g/mol. The molecule has 0 spiro atoms. The molecule has 0 atom stereocenters. The Bertz CT molecular complexity index is 632. The molecule has 1 amide bonds. The smallest absolute Gasteiger partial charge is 0.261 e. The van der Waals surface area contributed by atoms with Crippen molar-refractivity contribution in [2.45, 2.75) is 6.92 Å². The first-order valence-corrected chi connectivity index (χ1v) is 6.12. The van der Waals surface area contributed by atoms with Gasteiger partial charge in [-0.3, -0.25) is 9.59 Å². The van der Waals surface area contributed by atoms with Gasteiger partial charge in [0.15, 0.2) is 5.43 Å². The predicted octanol–water partition coefficient (Wildman–Crippen LogP) is 2.70. The third kappa shape index (κ3) is 2.87. The normalized spacial score (nSPS) is 10.1. The van der Waals surface area contributed by atoms with Crippen molar-refractivity contribution in [1.82, 2.24) is 4.98 Å². The molecule has 0 saturated carbocycles. The van der Waals surface area contributed by atoms with Crippen LogP contribution in [0.2, 0.25) is 0 Å². The van der Waals surface area contributed by atoms with E-state index < -0.39 is 5.91 Å². The van der Waals surface area contributed by atoms with Crippen LogP contribution in [-0.2, 0) is 0 Å². The summed E-state index contributed by atoms with van der Waals surface area (Å²) in [5.41, 5.74) is 1.17. The van der Waals surface area contributed by atoms with Crippen LogP contribution in [0.4, 0.5) is 5.69 Å². The van der Waals surface area contributed by atoms with Gasteiger partial charge in [-0.25, -0.2) is 0 Å². The van der Waals surface area contributed by atoms with Gasteiger partial charge in [-0.1, -0.05) is 15.9 Å². The molecule has 0 unspecified atom stereocenters. The number of aromatic amines is 1. The van der Waals surface area contributed by atoms with Crippen molar-refractivity contribution in [3.05, 3.63) is 62.5 Å². The van der Waals surface area contributed by atoms with E-state index in [2.05, 4.69) is 26.2 Å². The van der Waals surface area contributed by atoms with Gasteiger partial charge in [0.05, 0.1) is 0 Å². The number of carbonyl (C=O) groups is 1. The predicted molar refractivity (Wildman–Crippen MR) is 73.9 cm³/mol. The first-order chi connectivity index (χ1) is 8.56. The van der Waals surface area contributed by atoms with Crippen LogP contribution < -0.4 is 10.7 Å². The third-order valence-electron chi connectivity index (χ3n) is 2.40. The number of benzene rings is 1. The Morgan fingerprint density at radius 3 is 2.56 bits per heavy atom. The Morgan fingerprint density at radius 1 is 1.28 bits per heavy atom. The number of anilines is 1. The number of nitrogens with one attached hydrogen (secondary N) is 2. The van der Waals surface area contributed by atoms with Gasteiger partial charge in [0.2, 0.25) is 0 Å². The highest BCUT2D eigenvalue weighted by Gasteiger charge is 2.10. The number of hydrogen-bond donors (Lipinski definition) is 2. The fraction of sp³-hybridized carbons (Fsp3) is 0.0769. The van der Waals surface area contributed by atoms with E-state index in [-0.39, 0.29) is 11.0 Å². The van der Waals surface area contributed by atoms with E-state index in [1.807, 2.05) is 12.1 Å². The van der Waals surface area contributed by atoms with E-state index in [0.717, 1.165) is 10.2 Å². The number of rotatable bonds is 2. The molecule has 2 aromatic rings. The molecule has 0 saturated heterocycles. The largest absolute Gasteiger partial charge is 0.364 e. The maximum atomic E-state index is 11.9. The summed E-state index contributed by atoms with van der Waals surface area (Å²) in [5.74, 6) is -0.418. The lowest BCUT2D eigenvalue weighted by atomic mass is 10.2. The van der Waals surface area contributed by atoms with Crippen LogP contribution >= 0.6 is 15.9 Å². The molecule has 1 heterocycles. The summed E-state index contributed by atoms with van der Waals surface area (Å²) in [6, 6.07) is 8.54. The summed E-state index contributed by atoms with van der Waals surface area (Å²) in [7, 11) is 0. The number of H-pyrrole nitrogens is 1. The van der Waals surface area contributed by atoms with Gasteiger partial charge >= 0.3 is 0 Å². The molecule has 0 bridgehead atoms. The van der Waals surface area contributed by atoms with E-state index in [1.165, 1.54) is 12.3 Å². The van der Waals surface area contributed by atoms with Crippen molar-refractivity contribution in [3.63, 3.8) is 0 Å². The maximum Gasteiger partial charge on any atom is 0.261 e. The molecule has 4 nitrogen and oxygen atoms in total. The number of halogens is 1. The average Bonchev–Trinajstić information content (AvgIpc) is 2.32. The molecule has 0 aliphatic heterocycles. The van der Waals surface area contributed by atoms with Crippen molar-refractivity contribution in [3.8, 4) is 0 Å². The lowest BCUT2D eigenvalue weighted by Crippen LogP contribution is -2.21. The zero-order valence-electron chi connectivity index (χ0n) is 9.66. The molecule has 0 radical (unpaired) electrons. The molecular formula is C13H11BrN2O2. The first kappa shape index (κ1) is 12.6. The summed E-state index contributed by atoms with van der Waals surface area (Å²) in [5, 5.41) is 2.67. The third-order valence-corrected chi connectivity index (χ3v) is 2.93. The van der Waals surface area contributed by atoms with Crippen molar-refractivity contribution < 1.29 is 4.79 Å². The van der Waals surface area contributed by atoms with Crippen molar-refractivity contribution in [1.29, 1.82) is 0 Å². The van der Waals surface area contributed by atoms with Gasteiger partial charge in [0.25, 0.3) is 5.91 Å². The van der Waals surface area contributed by atoms with E-state index in [0.29, 0.717) is 5.69 Å². The van der Waals surface area contributed by atoms with Crippen LogP contribution in [0.3, 0.4) is 0 Å². The molecule has 18 heavy (non-hydrogen) atoms. The SMILES string of the molecule is Cc1cc(=O)c(C(=O)Nc2ccc(Br)cc2)c[nH]1. The molecule has 0 fully saturated rings. The van der Waals surface area contributed by atoms with E-state index >= 15 is 0 Å². The Balaban J connectivity index is 2.22. The second-order valence-electron chi connectivity index (χ2n) is 3.85. The van der Waals surface area contributed by atoms with Gasteiger partial charge in [-0.05, 0) is 31.2 Å². The van der Waals surface area contributed by atoms with Gasteiger partial charge < -0.3 is 10.3 Å². The van der Waals surface area contributed by atoms with Crippen molar-refractivity contribution in [2.24, 2.45) is 0 Å². The maximum absolute atomic E-state index is 11.9. The zero-order chi connectivity index (χ0) is 13.1. The van der Waals surface area contributed by atoms with Gasteiger partial charge in [0, 0.05) is 28.1 Å². The highest BCUT2D eigenvalue weighted by Crippen LogP contribution is 2.14. The number of amides is 1. The topological polar surface area (TPSA) is 62.0 Å². The van der Waals surface area contributed by atoms with Crippen LogP contribution in [0.1, 0.15) is 16.1 Å². The lowest BCUT2D eigenvalue weighted by Gasteiger charge is -2.05. The molecule has 1 aromatic carbocycles. The van der Waals surface area contributed by atoms with Gasteiger partial charge in [0.1, 0.15) is 5.56 Å². The summed E-state index contributed by atoms with van der Waals surface area (Å²) in [4.78, 5) is 26.4. The first-order valence-electron chi connectivity index (χ1n) is 5.32. The zero-order valence-corrected chi connectivity index (χ0v) is 11.2. The Labute approximate surface area is 112 Å². The molecule has 0 aliphatic rings. The monoisotopic (exact) mass is 306 g/mol. The van der Waals surface area contributed by atoms with Gasteiger partial charge in [-0.15, -0.1) is 0 Å². The Kier molecular flexibility index (Phi) is 3.62. The fourth-order valence-electron chi connectivity index (χ4n) is 1.48. The van der Waals surface area contributed by atoms with E-state index in [9.17, 15) is 9.59 Å². The quantitative estimate of drug-likeness (QED) is 0.896. The molecule has 92 valence electrons. The standard InChI is InChI=1S/C13H11BrN2O2/c1-8-6-12(17)11(7-15-8)13(18)16-10-4-2-9(14)3-5-10/h2-7H,1H3,(H,15,17)(H,16,18). The number of carbonyl (C=O) groups excluding carboxylic acids is 1. The summed E-state index contributed by atoms with van der Waals surface area (Å²) in [6.07, 6.45) is 1.42. The van der Waals surface area contributed by atoms with Gasteiger partial charge in [-0.2, -0.15) is 0 Å². The van der Waals surface area contributed by atoms with Crippen LogP contribution in [0.15, 0.2) is 45.8 Å². The van der Waals surface area contributed by atoms with Crippen molar-refractivity contribution >= 4 is 27.5 Å². The molecular weight excluding hydrogens is 296 g/mol. The highest BCUT2D eigenvalue weighted by molar-refractivity contribution is 9.10. The minimum absolute atomic E-state index is 0.100. The molecule has 1 aromatic heterocycles. The van der Waals surface area contributed by atoms with E-state index in [1.54, 1.807) is 19.1 Å². The molecule has 2 N–H and O–H groups in total. The second-order valence-corrected chi connectivity index (χ2v) is 4.77. The van der Waals surface area contributed by atoms with Crippen molar-refractivity contribution in [2.75, 3.05) is 5.32 Å². The summed E-state index contributed by atoms with van der Waals surface area (Å²) < 4.78 is 0.925. The number of aryl methyl sites for hydroxylation is 1. The molecule has 2 rings (SSSR count). The number of pyridine rings is 1. The van der Waals surface area contributed by atoms with E-state index in [4.69, 9.17) is 0 Å². The number of aromatic nitrogens is 1. The highest BCUT2D eigenvalue weighted by atomic mass is 79.9. The Hall–Kier alpha value is -1.88. The lowest BCUT2D eigenvalue weighted by molar-refractivity contribution is 0.102. The van der Waals surface area contributed by atoms with Crippen LogP contribution in [0.5, 0.6) is 0 Å². The minimum Gasteiger partial charge on any atom is -0.364 e.